The topological polar surface area (TPSA) is 73.8 Å². The highest BCUT2D eigenvalue weighted by atomic mass is 16.5. The van der Waals surface area contributed by atoms with E-state index in [4.69, 9.17) is 37.9 Å². The molecule has 0 N–H and O–H groups in total. The maximum Gasteiger partial charge on any atom is 0.122 e. The van der Waals surface area contributed by atoms with Crippen molar-refractivity contribution in [1.29, 1.82) is 0 Å². The fourth-order valence-corrected chi connectivity index (χ4v) is 6.67. The minimum atomic E-state index is -0.153. The molecule has 4 atom stereocenters. The van der Waals surface area contributed by atoms with Gasteiger partial charge in [-0.05, 0) is 68.9 Å². The van der Waals surface area contributed by atoms with Crippen molar-refractivity contribution in [2.45, 2.75) is 50.1 Å². The van der Waals surface area contributed by atoms with Crippen LogP contribution in [-0.2, 0) is 37.9 Å². The van der Waals surface area contributed by atoms with Gasteiger partial charge in [0.05, 0.1) is 52.9 Å². The monoisotopic (exact) mass is 656 g/mol. The summed E-state index contributed by atoms with van der Waals surface area (Å²) in [5.74, 6) is 3.16. The number of hydrogen-bond acceptors (Lipinski definition) is 8. The lowest BCUT2D eigenvalue weighted by atomic mass is 9.87. The Balaban J connectivity index is 1.72. The Morgan fingerprint density at radius 3 is 0.750 bits per heavy atom. The lowest BCUT2D eigenvalue weighted by Gasteiger charge is -2.28. The SMILES string of the molecule is COC1=CC2=C\C=C3\CC(OC)/C(=C/C=C4/CC(OC)/C(=C/C=C5C=C(OC)/C(=C/C=C\1CC\2OC)CC/5OC)C=C4OC)C=C3OC. The molecule has 0 radical (unpaired) electrons. The van der Waals surface area contributed by atoms with Crippen LogP contribution in [0.3, 0.4) is 0 Å². The number of allylic oxidation sites excluding steroid dienone is 12. The van der Waals surface area contributed by atoms with Crippen LogP contribution in [0.25, 0.3) is 0 Å². The Bertz CT molecular complexity index is 1620. The van der Waals surface area contributed by atoms with Gasteiger partial charge in [-0.15, -0.1) is 0 Å². The van der Waals surface area contributed by atoms with Crippen LogP contribution in [0.4, 0.5) is 0 Å². The van der Waals surface area contributed by atoms with Crippen molar-refractivity contribution in [3.8, 4) is 0 Å². The van der Waals surface area contributed by atoms with E-state index in [1.807, 2.05) is 24.3 Å². The summed E-state index contributed by atoms with van der Waals surface area (Å²) >= 11 is 0. The van der Waals surface area contributed by atoms with Gasteiger partial charge in [0.25, 0.3) is 0 Å². The standard InChI is InChI=1S/C40H48O8/c1-41-33-17-26-11-12-28-20-38(46-6)30(22-37(28)45-5)15-16-32-24-39(47-7)31(23-40(32)48-8)14-13-29-21-35(43-3)27(19-36(29)44-4)10-9-25(33)18-34(26)42-2/h9-17,19-20,23,34-35,37,39H,18,21-22,24H2,1-8H3/b10-9?,12-11?,14-13?,16-15?,25-9-,26-11+,27-10+,28-12-,29-13-,30-15+,31-14+,32-16-. The van der Waals surface area contributed by atoms with E-state index >= 15 is 0 Å². The first-order chi connectivity index (χ1) is 23.4. The van der Waals surface area contributed by atoms with E-state index in [2.05, 4.69) is 48.6 Å². The van der Waals surface area contributed by atoms with Crippen LogP contribution in [0.15, 0.2) is 141 Å². The summed E-state index contributed by atoms with van der Waals surface area (Å²) in [5, 5.41) is 0. The fourth-order valence-electron chi connectivity index (χ4n) is 6.67. The van der Waals surface area contributed by atoms with E-state index in [-0.39, 0.29) is 24.4 Å². The van der Waals surface area contributed by atoms with E-state index in [9.17, 15) is 0 Å². The zero-order valence-electron chi connectivity index (χ0n) is 29.3. The van der Waals surface area contributed by atoms with Crippen LogP contribution in [0.5, 0.6) is 0 Å². The Morgan fingerprint density at radius 1 is 0.333 bits per heavy atom. The lowest BCUT2D eigenvalue weighted by molar-refractivity contribution is 0.127. The molecule has 14 aliphatic rings. The molecular formula is C40H48O8. The zero-order valence-corrected chi connectivity index (χ0v) is 29.3. The number of ether oxygens (including phenoxy) is 8. The van der Waals surface area contributed by atoms with Gasteiger partial charge in [0.1, 0.15) is 23.0 Å². The second kappa shape index (κ2) is 16.3. The molecule has 48 heavy (non-hydrogen) atoms. The fraction of sp³-hybridized carbons (Fsp3) is 0.400. The van der Waals surface area contributed by atoms with Crippen molar-refractivity contribution in [2.24, 2.45) is 0 Å². The summed E-state index contributed by atoms with van der Waals surface area (Å²) in [6.45, 7) is 0. The van der Waals surface area contributed by atoms with Gasteiger partial charge in [-0.25, -0.2) is 0 Å². The molecule has 0 saturated heterocycles. The predicted octanol–water partition coefficient (Wildman–Crippen LogP) is 7.21. The molecule has 256 valence electrons. The highest BCUT2D eigenvalue weighted by molar-refractivity contribution is 5.52. The third kappa shape index (κ3) is 7.63. The molecule has 8 heteroatoms. The molecule has 8 nitrogen and oxygen atoms in total. The molecular weight excluding hydrogens is 608 g/mol. The molecule has 0 fully saturated rings. The summed E-state index contributed by atoms with van der Waals surface area (Å²) in [5.41, 5.74) is 8.17. The normalized spacial score (nSPS) is 34.8. The molecule has 0 spiro atoms. The maximum atomic E-state index is 5.97. The average Bonchev–Trinajstić information content (AvgIpc) is 3.13. The minimum absolute atomic E-state index is 0.151. The van der Waals surface area contributed by atoms with Gasteiger partial charge in [0, 0.05) is 54.1 Å². The van der Waals surface area contributed by atoms with Crippen molar-refractivity contribution >= 4 is 0 Å². The molecule has 0 aromatic carbocycles. The minimum Gasteiger partial charge on any atom is -0.496 e. The Hall–Kier alpha value is -4.08. The Morgan fingerprint density at radius 2 is 0.542 bits per heavy atom. The summed E-state index contributed by atoms with van der Waals surface area (Å²) in [6.07, 6.45) is 26.9. The summed E-state index contributed by atoms with van der Waals surface area (Å²) < 4.78 is 47.4. The van der Waals surface area contributed by atoms with Crippen molar-refractivity contribution in [2.75, 3.05) is 56.9 Å². The van der Waals surface area contributed by atoms with E-state index < -0.39 is 0 Å². The summed E-state index contributed by atoms with van der Waals surface area (Å²) in [7, 11) is 13.7. The van der Waals surface area contributed by atoms with Gasteiger partial charge in [-0.2, -0.15) is 0 Å². The molecule has 8 bridgehead atoms. The molecule has 0 amide bonds. The second-order valence-electron chi connectivity index (χ2n) is 12.0. The third-order valence-corrected chi connectivity index (χ3v) is 9.49. The zero-order chi connectivity index (χ0) is 34.2. The van der Waals surface area contributed by atoms with Crippen molar-refractivity contribution in [3.05, 3.63) is 141 Å². The van der Waals surface area contributed by atoms with Crippen molar-refractivity contribution in [1.82, 2.24) is 0 Å². The summed E-state index contributed by atoms with van der Waals surface area (Å²) in [4.78, 5) is 0. The second-order valence-corrected chi connectivity index (χ2v) is 12.0. The van der Waals surface area contributed by atoms with E-state index in [1.54, 1.807) is 56.9 Å². The van der Waals surface area contributed by atoms with Gasteiger partial charge >= 0.3 is 0 Å². The molecule has 4 unspecified atom stereocenters. The summed E-state index contributed by atoms with van der Waals surface area (Å²) in [6, 6.07) is 0. The van der Waals surface area contributed by atoms with Crippen LogP contribution in [0.2, 0.25) is 0 Å². The van der Waals surface area contributed by atoms with E-state index in [0.717, 1.165) is 67.6 Å². The average molecular weight is 657 g/mol. The Labute approximate surface area is 285 Å². The highest BCUT2D eigenvalue weighted by Crippen LogP contribution is 2.36. The molecule has 14 rings (SSSR count). The number of hydrogen-bond donors (Lipinski definition) is 0. The largest absolute Gasteiger partial charge is 0.496 e. The van der Waals surface area contributed by atoms with Crippen molar-refractivity contribution < 1.29 is 37.9 Å². The highest BCUT2D eigenvalue weighted by Gasteiger charge is 2.28. The van der Waals surface area contributed by atoms with Gasteiger partial charge < -0.3 is 37.9 Å². The van der Waals surface area contributed by atoms with Crippen LogP contribution in [0.1, 0.15) is 25.7 Å². The smallest absolute Gasteiger partial charge is 0.122 e. The molecule has 0 aromatic heterocycles. The molecule has 0 aromatic rings. The molecule has 0 saturated carbocycles. The van der Waals surface area contributed by atoms with Gasteiger partial charge in [-0.1, -0.05) is 48.6 Å². The first-order valence-electron chi connectivity index (χ1n) is 16.2. The van der Waals surface area contributed by atoms with Crippen LogP contribution in [0, 0.1) is 0 Å². The van der Waals surface area contributed by atoms with E-state index in [1.165, 1.54) is 0 Å². The van der Waals surface area contributed by atoms with Crippen LogP contribution >= 0.6 is 0 Å². The van der Waals surface area contributed by atoms with Gasteiger partial charge in [0.15, 0.2) is 0 Å². The molecule has 14 aliphatic carbocycles. The first-order valence-corrected chi connectivity index (χ1v) is 16.2. The molecule has 0 aliphatic heterocycles. The number of methoxy groups -OCH3 is 8. The Kier molecular flexibility index (Phi) is 12.0. The van der Waals surface area contributed by atoms with Crippen LogP contribution < -0.4 is 0 Å². The van der Waals surface area contributed by atoms with Gasteiger partial charge in [-0.3, -0.25) is 0 Å². The van der Waals surface area contributed by atoms with Gasteiger partial charge in [0.2, 0.25) is 0 Å². The van der Waals surface area contributed by atoms with E-state index in [0.29, 0.717) is 25.7 Å². The predicted molar refractivity (Wildman–Crippen MR) is 187 cm³/mol. The number of rotatable bonds is 8. The van der Waals surface area contributed by atoms with Crippen molar-refractivity contribution in [3.63, 3.8) is 0 Å². The quantitative estimate of drug-likeness (QED) is 0.272. The first kappa shape index (κ1) is 35.2. The third-order valence-electron chi connectivity index (χ3n) is 9.49. The maximum absolute atomic E-state index is 5.97. The van der Waals surface area contributed by atoms with Crippen LogP contribution in [-0.4, -0.2) is 81.3 Å². The lowest BCUT2D eigenvalue weighted by Crippen LogP contribution is -2.22. The molecule has 0 heterocycles.